The molecule has 2 N–H and O–H groups in total. The number of aromatic nitrogens is 2. The summed E-state index contributed by atoms with van der Waals surface area (Å²) in [6.07, 6.45) is 1.06. The number of ether oxygens (including phenoxy) is 2. The molecule has 0 aliphatic carbocycles. The first-order chi connectivity index (χ1) is 15.3. The molecule has 4 rings (SSSR count). The minimum absolute atomic E-state index is 0.0289. The molecule has 1 aromatic heterocycles. The Morgan fingerprint density at radius 1 is 1.34 bits per heavy atom. The monoisotopic (exact) mass is 470 g/mol. The predicted octanol–water partition coefficient (Wildman–Crippen LogP) is 2.88. The van der Waals surface area contributed by atoms with Crippen LogP contribution in [0.25, 0.3) is 0 Å². The molecule has 1 saturated heterocycles. The molecule has 3 heterocycles. The van der Waals surface area contributed by atoms with E-state index in [-0.39, 0.29) is 29.5 Å². The number of aliphatic imine (C=N–C) groups is 1. The van der Waals surface area contributed by atoms with E-state index < -0.39 is 48.3 Å². The van der Waals surface area contributed by atoms with Crippen LogP contribution in [0.5, 0.6) is 5.88 Å². The largest absolute Gasteiger partial charge is 0.415 e. The SMILES string of the molecule is NC1=N[C@@]2(c3cc(CC(=O)c4cnc(OC(F)F)cn4)ccc3F)CO[C@H](CF)[C@H]2CS1. The molecule has 0 radical (unpaired) electrons. The lowest BCUT2D eigenvalue weighted by atomic mass is 9.78. The Labute approximate surface area is 184 Å². The van der Waals surface area contributed by atoms with Crippen molar-refractivity contribution >= 4 is 22.7 Å². The van der Waals surface area contributed by atoms with Crippen LogP contribution < -0.4 is 10.5 Å². The Hall–Kier alpha value is -2.73. The number of amidine groups is 1. The van der Waals surface area contributed by atoms with Crippen molar-refractivity contribution < 1.29 is 31.8 Å². The number of thioether (sulfide) groups is 1. The van der Waals surface area contributed by atoms with Crippen LogP contribution in [0.2, 0.25) is 0 Å². The molecule has 0 unspecified atom stereocenters. The fraction of sp³-hybridized carbons (Fsp3) is 0.400. The molecule has 0 bridgehead atoms. The van der Waals surface area contributed by atoms with E-state index in [4.69, 9.17) is 10.5 Å². The maximum absolute atomic E-state index is 14.9. The minimum atomic E-state index is -3.06. The number of rotatable bonds is 7. The van der Waals surface area contributed by atoms with Crippen molar-refractivity contribution in [2.45, 2.75) is 24.7 Å². The van der Waals surface area contributed by atoms with Crippen molar-refractivity contribution in [1.82, 2.24) is 9.97 Å². The van der Waals surface area contributed by atoms with Crippen molar-refractivity contribution in [2.24, 2.45) is 16.6 Å². The number of ketones is 1. The van der Waals surface area contributed by atoms with E-state index in [1.807, 2.05) is 0 Å². The molecule has 2 aliphatic heterocycles. The highest BCUT2D eigenvalue weighted by atomic mass is 32.2. The fourth-order valence-corrected chi connectivity index (χ4v) is 4.99. The van der Waals surface area contributed by atoms with Crippen LogP contribution in [0.3, 0.4) is 0 Å². The van der Waals surface area contributed by atoms with E-state index in [0.717, 1.165) is 12.4 Å². The standard InChI is InChI=1S/C20H18F4N4O3S/c21-5-16-12-8-32-19(25)28-20(12,9-30-16)11-3-10(1-2-13(11)22)4-15(29)14-6-27-17(7-26-14)31-18(23)24/h1-3,6-7,12,16,18H,4-5,8-9H2,(H2,25,28)/t12-,16-,20-/m1/s1. The summed E-state index contributed by atoms with van der Waals surface area (Å²) in [5.41, 5.74) is 5.30. The summed E-state index contributed by atoms with van der Waals surface area (Å²) in [5.74, 6) is -1.43. The van der Waals surface area contributed by atoms with E-state index in [0.29, 0.717) is 11.3 Å². The molecule has 0 amide bonds. The number of hydrogen-bond acceptors (Lipinski definition) is 8. The van der Waals surface area contributed by atoms with E-state index in [9.17, 15) is 22.4 Å². The lowest BCUT2D eigenvalue weighted by Gasteiger charge is -2.35. The Bertz CT molecular complexity index is 1040. The van der Waals surface area contributed by atoms with Crippen molar-refractivity contribution in [3.8, 4) is 5.88 Å². The Morgan fingerprint density at radius 3 is 2.84 bits per heavy atom. The van der Waals surface area contributed by atoms with Gasteiger partial charge in [0, 0.05) is 23.7 Å². The van der Waals surface area contributed by atoms with Gasteiger partial charge in [-0.3, -0.25) is 4.79 Å². The normalized spacial score (nSPS) is 24.8. The van der Waals surface area contributed by atoms with Gasteiger partial charge in [-0.15, -0.1) is 0 Å². The summed E-state index contributed by atoms with van der Waals surface area (Å²) in [4.78, 5) is 24.5. The number of halogens is 4. The fourth-order valence-electron chi connectivity index (χ4n) is 3.92. The second kappa shape index (κ2) is 9.02. The maximum Gasteiger partial charge on any atom is 0.388 e. The van der Waals surface area contributed by atoms with Crippen LogP contribution in [-0.2, 0) is 16.7 Å². The molecule has 1 aromatic carbocycles. The number of alkyl halides is 3. The van der Waals surface area contributed by atoms with Gasteiger partial charge >= 0.3 is 6.61 Å². The molecule has 32 heavy (non-hydrogen) atoms. The summed E-state index contributed by atoms with van der Waals surface area (Å²) < 4.78 is 62.5. The van der Waals surface area contributed by atoms with Crippen LogP contribution in [-0.4, -0.2) is 52.7 Å². The van der Waals surface area contributed by atoms with Gasteiger partial charge in [-0.1, -0.05) is 17.8 Å². The first-order valence-electron chi connectivity index (χ1n) is 9.57. The summed E-state index contributed by atoms with van der Waals surface area (Å²) in [6, 6.07) is 4.15. The molecule has 3 atom stereocenters. The van der Waals surface area contributed by atoms with Gasteiger partial charge in [-0.25, -0.2) is 23.7 Å². The summed E-state index contributed by atoms with van der Waals surface area (Å²) in [5, 5.41) is 0.256. The highest BCUT2D eigenvalue weighted by Crippen LogP contribution is 2.48. The number of fused-ring (bicyclic) bond motifs is 1. The quantitative estimate of drug-likeness (QED) is 0.491. The third-order valence-electron chi connectivity index (χ3n) is 5.44. The van der Waals surface area contributed by atoms with Gasteiger partial charge in [0.05, 0.1) is 25.1 Å². The molecule has 0 spiro atoms. The molecule has 1 fully saturated rings. The average molecular weight is 470 g/mol. The summed E-state index contributed by atoms with van der Waals surface area (Å²) in [6.45, 7) is -3.82. The molecule has 2 aromatic rings. The van der Waals surface area contributed by atoms with Gasteiger partial charge in [-0.2, -0.15) is 8.78 Å². The maximum atomic E-state index is 14.9. The van der Waals surface area contributed by atoms with Crippen molar-refractivity contribution in [2.75, 3.05) is 19.0 Å². The first kappa shape index (κ1) is 22.5. The molecular weight excluding hydrogens is 452 g/mol. The molecule has 170 valence electrons. The topological polar surface area (TPSA) is 99.7 Å². The summed E-state index contributed by atoms with van der Waals surface area (Å²) in [7, 11) is 0. The van der Waals surface area contributed by atoms with Gasteiger partial charge < -0.3 is 15.2 Å². The van der Waals surface area contributed by atoms with E-state index >= 15 is 0 Å². The molecular formula is C20H18F4N4O3S. The molecule has 7 nitrogen and oxygen atoms in total. The van der Waals surface area contributed by atoms with Crippen molar-refractivity contribution in [3.63, 3.8) is 0 Å². The highest BCUT2D eigenvalue weighted by Gasteiger charge is 2.54. The van der Waals surface area contributed by atoms with E-state index in [1.165, 1.54) is 30.0 Å². The number of carbonyl (C=O) groups excluding carboxylic acids is 1. The third-order valence-corrected chi connectivity index (χ3v) is 6.35. The molecule has 12 heteroatoms. The van der Waals surface area contributed by atoms with E-state index in [1.54, 1.807) is 0 Å². The number of hydrogen-bond donors (Lipinski definition) is 1. The Morgan fingerprint density at radius 2 is 2.16 bits per heavy atom. The lowest BCUT2D eigenvalue weighted by molar-refractivity contribution is -0.0531. The Kier molecular flexibility index (Phi) is 6.33. The number of carbonyl (C=O) groups is 1. The van der Waals surface area contributed by atoms with Crippen LogP contribution in [0.1, 0.15) is 21.6 Å². The predicted molar refractivity (Wildman–Crippen MR) is 108 cm³/mol. The van der Waals surface area contributed by atoms with E-state index in [2.05, 4.69) is 19.7 Å². The second-order valence-corrected chi connectivity index (χ2v) is 8.37. The first-order valence-corrected chi connectivity index (χ1v) is 10.6. The molecule has 2 aliphatic rings. The van der Waals surface area contributed by atoms with Crippen molar-refractivity contribution in [3.05, 3.63) is 53.2 Å². The number of nitrogens with two attached hydrogens (primary N) is 1. The summed E-state index contributed by atoms with van der Waals surface area (Å²) >= 11 is 1.26. The van der Waals surface area contributed by atoms with Crippen LogP contribution in [0, 0.1) is 11.7 Å². The highest BCUT2D eigenvalue weighted by molar-refractivity contribution is 8.13. The zero-order chi connectivity index (χ0) is 22.9. The lowest BCUT2D eigenvalue weighted by Crippen LogP contribution is -2.42. The van der Waals surface area contributed by atoms with Crippen LogP contribution in [0.15, 0.2) is 35.6 Å². The van der Waals surface area contributed by atoms with Gasteiger partial charge in [0.15, 0.2) is 11.0 Å². The Balaban J connectivity index is 1.60. The van der Waals surface area contributed by atoms with Gasteiger partial charge in [-0.05, 0) is 17.7 Å². The number of benzene rings is 1. The second-order valence-electron chi connectivity index (χ2n) is 7.33. The average Bonchev–Trinajstić information content (AvgIpc) is 3.13. The number of nitrogens with zero attached hydrogens (tertiary/aromatic N) is 3. The van der Waals surface area contributed by atoms with Gasteiger partial charge in [0.25, 0.3) is 0 Å². The zero-order valence-corrected chi connectivity index (χ0v) is 17.3. The van der Waals surface area contributed by atoms with Gasteiger partial charge in [0.2, 0.25) is 5.88 Å². The van der Waals surface area contributed by atoms with Crippen molar-refractivity contribution in [1.29, 1.82) is 0 Å². The minimum Gasteiger partial charge on any atom is -0.415 e. The molecule has 0 saturated carbocycles. The smallest absolute Gasteiger partial charge is 0.388 e. The van der Waals surface area contributed by atoms with Gasteiger partial charge in [0.1, 0.15) is 23.7 Å². The van der Waals surface area contributed by atoms with Crippen LogP contribution >= 0.6 is 11.8 Å². The van der Waals surface area contributed by atoms with Crippen LogP contribution in [0.4, 0.5) is 17.6 Å². The third kappa shape index (κ3) is 4.29. The zero-order valence-electron chi connectivity index (χ0n) is 16.5. The number of Topliss-reactive ketones (excluding diaryl/α,β-unsaturated/α-hetero) is 1.